The highest BCUT2D eigenvalue weighted by Crippen LogP contribution is 2.30. The van der Waals surface area contributed by atoms with Crippen LogP contribution >= 0.6 is 0 Å². The maximum Gasteiger partial charge on any atom is 0.416 e. The number of amides is 1. The summed E-state index contributed by atoms with van der Waals surface area (Å²) < 4.78 is 42.1. The summed E-state index contributed by atoms with van der Waals surface area (Å²) in [6.45, 7) is 2.16. The fraction of sp³-hybridized carbons (Fsp3) is 0.174. The van der Waals surface area contributed by atoms with Gasteiger partial charge in [0.2, 0.25) is 5.43 Å². The normalized spacial score (nSPS) is 11.4. The largest absolute Gasteiger partial charge is 0.416 e. The molecule has 0 atom stereocenters. The number of rotatable bonds is 6. The first-order valence-corrected chi connectivity index (χ1v) is 10.2. The molecule has 4 aromatic rings. The molecule has 34 heavy (non-hydrogen) atoms. The maximum absolute atomic E-state index is 13.1. The molecule has 0 unspecified atom stereocenters. The molecule has 8 nitrogen and oxygen atoms in total. The Bertz CT molecular complexity index is 1380. The highest BCUT2D eigenvalue weighted by molar-refractivity contribution is 5.92. The van der Waals surface area contributed by atoms with E-state index in [1.807, 2.05) is 24.3 Å². The standard InChI is InChI=1S/C23H19F3N6O2/c1-15-8-20(33)21(30-32(15)19-7-3-6-18(10-19)23(24,25)26)22(34)28-11-16-4-2-5-17(9-16)12-31-14-27-13-29-31/h2-10,13-14H,11-12H2,1H3,(H,28,34). The summed E-state index contributed by atoms with van der Waals surface area (Å²) in [5.74, 6) is -0.729. The zero-order valence-corrected chi connectivity index (χ0v) is 18.0. The molecule has 2 aromatic carbocycles. The second kappa shape index (κ2) is 9.30. The van der Waals surface area contributed by atoms with Crippen LogP contribution in [0.4, 0.5) is 13.2 Å². The molecule has 4 rings (SSSR count). The van der Waals surface area contributed by atoms with E-state index in [2.05, 4.69) is 20.5 Å². The van der Waals surface area contributed by atoms with Gasteiger partial charge in [-0.1, -0.05) is 30.3 Å². The SMILES string of the molecule is Cc1cc(=O)c(C(=O)NCc2cccc(Cn3cncn3)c2)nn1-c1cccc(C(F)(F)F)c1. The molecule has 0 aliphatic carbocycles. The van der Waals surface area contributed by atoms with Crippen LogP contribution in [0.3, 0.4) is 0 Å². The predicted molar refractivity (Wildman–Crippen MR) is 116 cm³/mol. The van der Waals surface area contributed by atoms with E-state index < -0.39 is 28.8 Å². The van der Waals surface area contributed by atoms with E-state index in [4.69, 9.17) is 0 Å². The van der Waals surface area contributed by atoms with Gasteiger partial charge in [-0.05, 0) is 36.2 Å². The van der Waals surface area contributed by atoms with Gasteiger partial charge >= 0.3 is 6.18 Å². The van der Waals surface area contributed by atoms with Gasteiger partial charge < -0.3 is 5.32 Å². The Hall–Kier alpha value is -4.28. The van der Waals surface area contributed by atoms with Crippen LogP contribution in [0.5, 0.6) is 0 Å². The third-order valence-corrected chi connectivity index (χ3v) is 5.00. The van der Waals surface area contributed by atoms with Gasteiger partial charge in [0.05, 0.1) is 17.8 Å². The average molecular weight is 468 g/mol. The van der Waals surface area contributed by atoms with E-state index in [0.29, 0.717) is 12.2 Å². The van der Waals surface area contributed by atoms with Crippen molar-refractivity contribution in [3.05, 3.63) is 106 Å². The lowest BCUT2D eigenvalue weighted by atomic mass is 10.1. The molecule has 174 valence electrons. The summed E-state index contributed by atoms with van der Waals surface area (Å²) in [5, 5.41) is 10.7. The predicted octanol–water partition coefficient (Wildman–Crippen LogP) is 3.13. The van der Waals surface area contributed by atoms with Gasteiger partial charge in [-0.25, -0.2) is 14.3 Å². The molecular weight excluding hydrogens is 449 g/mol. The third-order valence-electron chi connectivity index (χ3n) is 5.00. The molecule has 0 saturated heterocycles. The summed E-state index contributed by atoms with van der Waals surface area (Å²) >= 11 is 0. The molecule has 0 bridgehead atoms. The zero-order chi connectivity index (χ0) is 24.3. The minimum Gasteiger partial charge on any atom is -0.346 e. The van der Waals surface area contributed by atoms with Gasteiger partial charge in [-0.15, -0.1) is 0 Å². The van der Waals surface area contributed by atoms with E-state index >= 15 is 0 Å². The van der Waals surface area contributed by atoms with Crippen molar-refractivity contribution in [1.29, 1.82) is 0 Å². The number of halogens is 3. The van der Waals surface area contributed by atoms with E-state index in [-0.39, 0.29) is 12.2 Å². The third kappa shape index (κ3) is 5.20. The fourth-order valence-corrected chi connectivity index (χ4v) is 3.39. The van der Waals surface area contributed by atoms with Crippen LogP contribution in [0.25, 0.3) is 5.69 Å². The van der Waals surface area contributed by atoms with Crippen molar-refractivity contribution in [2.24, 2.45) is 0 Å². The molecule has 11 heteroatoms. The molecule has 1 N–H and O–H groups in total. The first kappa shape index (κ1) is 22.9. The van der Waals surface area contributed by atoms with Gasteiger partial charge in [0, 0.05) is 18.3 Å². The highest BCUT2D eigenvalue weighted by atomic mass is 19.4. The first-order valence-electron chi connectivity index (χ1n) is 10.2. The van der Waals surface area contributed by atoms with Crippen molar-refractivity contribution in [2.45, 2.75) is 26.2 Å². The summed E-state index contributed by atoms with van der Waals surface area (Å²) in [6, 6.07) is 13.1. The molecule has 0 aliphatic rings. The molecule has 2 aromatic heterocycles. The summed E-state index contributed by atoms with van der Waals surface area (Å²) in [4.78, 5) is 29.0. The Kier molecular flexibility index (Phi) is 6.26. The van der Waals surface area contributed by atoms with E-state index in [0.717, 1.165) is 27.9 Å². The number of aryl methyl sites for hydroxylation is 1. The Morgan fingerprint density at radius 2 is 1.82 bits per heavy atom. The molecule has 0 saturated carbocycles. The summed E-state index contributed by atoms with van der Waals surface area (Å²) in [5.41, 5.74) is 0.208. The minimum atomic E-state index is -4.54. The number of benzene rings is 2. The second-order valence-electron chi connectivity index (χ2n) is 7.55. The van der Waals surface area contributed by atoms with Crippen LogP contribution in [0, 0.1) is 6.92 Å². The smallest absolute Gasteiger partial charge is 0.346 e. The van der Waals surface area contributed by atoms with E-state index in [9.17, 15) is 22.8 Å². The van der Waals surface area contributed by atoms with Crippen LogP contribution < -0.4 is 10.7 Å². The average Bonchev–Trinajstić information content (AvgIpc) is 3.30. The van der Waals surface area contributed by atoms with Crippen molar-refractivity contribution >= 4 is 5.91 Å². The Labute approximate surface area is 191 Å². The number of alkyl halides is 3. The quantitative estimate of drug-likeness (QED) is 0.469. The maximum atomic E-state index is 13.1. The topological polar surface area (TPSA) is 94.7 Å². The fourth-order valence-electron chi connectivity index (χ4n) is 3.39. The molecule has 0 spiro atoms. The second-order valence-corrected chi connectivity index (χ2v) is 7.55. The molecule has 0 radical (unpaired) electrons. The highest BCUT2D eigenvalue weighted by Gasteiger charge is 2.30. The number of hydrogen-bond acceptors (Lipinski definition) is 5. The van der Waals surface area contributed by atoms with Crippen molar-refractivity contribution < 1.29 is 18.0 Å². The molecule has 1 amide bonds. The lowest BCUT2D eigenvalue weighted by molar-refractivity contribution is -0.137. The number of nitrogens with zero attached hydrogens (tertiary/aromatic N) is 5. The monoisotopic (exact) mass is 468 g/mol. The lowest BCUT2D eigenvalue weighted by Gasteiger charge is -2.14. The van der Waals surface area contributed by atoms with Gasteiger partial charge in [0.1, 0.15) is 12.7 Å². The van der Waals surface area contributed by atoms with Gasteiger partial charge in [0.25, 0.3) is 5.91 Å². The number of carbonyl (C=O) groups excluding carboxylic acids is 1. The molecular formula is C23H19F3N6O2. The van der Waals surface area contributed by atoms with Gasteiger partial charge in [-0.3, -0.25) is 9.59 Å². The van der Waals surface area contributed by atoms with Crippen LogP contribution in [0.2, 0.25) is 0 Å². The number of carbonyl (C=O) groups is 1. The minimum absolute atomic E-state index is 0.0854. The van der Waals surface area contributed by atoms with Crippen LogP contribution in [-0.4, -0.2) is 30.5 Å². The van der Waals surface area contributed by atoms with Crippen molar-refractivity contribution in [1.82, 2.24) is 29.9 Å². The van der Waals surface area contributed by atoms with Gasteiger partial charge in [0.15, 0.2) is 5.69 Å². The zero-order valence-electron chi connectivity index (χ0n) is 18.0. The van der Waals surface area contributed by atoms with E-state index in [1.165, 1.54) is 31.5 Å². The molecule has 0 aliphatic heterocycles. The van der Waals surface area contributed by atoms with Gasteiger partial charge in [-0.2, -0.15) is 23.4 Å². The Morgan fingerprint density at radius 1 is 1.06 bits per heavy atom. The van der Waals surface area contributed by atoms with E-state index in [1.54, 1.807) is 11.0 Å². The summed E-state index contributed by atoms with van der Waals surface area (Å²) in [6.07, 6.45) is -1.51. The lowest BCUT2D eigenvalue weighted by Crippen LogP contribution is -2.31. The number of aromatic nitrogens is 5. The van der Waals surface area contributed by atoms with Crippen LogP contribution in [0.1, 0.15) is 32.9 Å². The van der Waals surface area contributed by atoms with Crippen molar-refractivity contribution in [2.75, 3.05) is 0 Å². The Morgan fingerprint density at radius 3 is 2.56 bits per heavy atom. The first-order chi connectivity index (χ1) is 16.2. The Balaban J connectivity index is 1.54. The molecule has 0 fully saturated rings. The number of hydrogen-bond donors (Lipinski definition) is 1. The van der Waals surface area contributed by atoms with Crippen LogP contribution in [-0.2, 0) is 19.3 Å². The van der Waals surface area contributed by atoms with Crippen molar-refractivity contribution in [3.63, 3.8) is 0 Å². The molecule has 2 heterocycles. The van der Waals surface area contributed by atoms with Crippen molar-refractivity contribution in [3.8, 4) is 5.69 Å². The van der Waals surface area contributed by atoms with Crippen LogP contribution in [0.15, 0.2) is 72.0 Å². The number of nitrogens with one attached hydrogen (secondary N) is 1. The summed E-state index contributed by atoms with van der Waals surface area (Å²) in [7, 11) is 0.